The molecule has 0 aromatic carbocycles. The maximum absolute atomic E-state index is 5.68. The molecule has 1 heterocycles. The van der Waals surface area contributed by atoms with Gasteiger partial charge in [0, 0.05) is 6.42 Å². The van der Waals surface area contributed by atoms with Crippen molar-refractivity contribution in [2.24, 2.45) is 16.7 Å². The number of hydrogen-bond acceptors (Lipinski definition) is 4. The lowest BCUT2D eigenvalue weighted by Crippen LogP contribution is -2.57. The molecule has 1 aliphatic rings. The highest BCUT2D eigenvalue weighted by Gasteiger charge is 2.21. The summed E-state index contributed by atoms with van der Waals surface area (Å²) >= 11 is 5.68. The fraction of sp³-hybridized carbons (Fsp3) is 0.750. The van der Waals surface area contributed by atoms with Gasteiger partial charge in [-0.25, -0.2) is 5.43 Å². The topological polar surface area (TPSA) is 88.5 Å². The van der Waals surface area contributed by atoms with E-state index < -0.39 is 0 Å². The van der Waals surface area contributed by atoms with Crippen molar-refractivity contribution in [3.05, 3.63) is 0 Å². The minimum atomic E-state index is -0.186. The Morgan fingerprint density at radius 2 is 2.40 bits per heavy atom. The molecule has 6 N–H and O–H groups in total. The van der Waals surface area contributed by atoms with Gasteiger partial charge in [0.05, 0.1) is 6.04 Å². The highest BCUT2D eigenvalue weighted by atomic mass is 35.5. The van der Waals surface area contributed by atoms with Gasteiger partial charge in [-0.1, -0.05) is 0 Å². The van der Waals surface area contributed by atoms with Gasteiger partial charge in [0.25, 0.3) is 0 Å². The third-order valence-corrected chi connectivity index (χ3v) is 1.60. The summed E-state index contributed by atoms with van der Waals surface area (Å²) in [6.45, 7) is 0. The van der Waals surface area contributed by atoms with Gasteiger partial charge in [0.1, 0.15) is 5.50 Å². The van der Waals surface area contributed by atoms with Gasteiger partial charge in [-0.2, -0.15) is 5.10 Å². The minimum Gasteiger partial charge on any atom is -0.321 e. The monoisotopic (exact) mass is 163 g/mol. The van der Waals surface area contributed by atoms with Gasteiger partial charge in [0.15, 0.2) is 5.84 Å². The summed E-state index contributed by atoms with van der Waals surface area (Å²) in [5.74, 6) is 5.54. The molecule has 2 unspecified atom stereocenters. The molecule has 0 radical (unpaired) electrons. The Morgan fingerprint density at radius 1 is 1.70 bits per heavy atom. The van der Waals surface area contributed by atoms with Crippen LogP contribution >= 0.6 is 11.6 Å². The smallest absolute Gasteiger partial charge is 0.153 e. The molecule has 6 heteroatoms. The van der Waals surface area contributed by atoms with E-state index in [0.29, 0.717) is 12.3 Å². The number of hydrogen-bond donors (Lipinski definition) is 4. The van der Waals surface area contributed by atoms with E-state index in [1.807, 2.05) is 0 Å². The van der Waals surface area contributed by atoms with Gasteiger partial charge in [-0.15, -0.1) is 11.6 Å². The van der Waals surface area contributed by atoms with Crippen LogP contribution in [0.5, 0.6) is 0 Å². The second kappa shape index (κ2) is 3.05. The van der Waals surface area contributed by atoms with E-state index in [1.165, 1.54) is 0 Å². The van der Waals surface area contributed by atoms with E-state index in [9.17, 15) is 0 Å². The van der Waals surface area contributed by atoms with E-state index in [4.69, 9.17) is 23.2 Å². The van der Waals surface area contributed by atoms with Gasteiger partial charge >= 0.3 is 0 Å². The van der Waals surface area contributed by atoms with Crippen LogP contribution < -0.4 is 22.4 Å². The molecule has 0 aliphatic carbocycles. The lowest BCUT2D eigenvalue weighted by Gasteiger charge is -2.25. The van der Waals surface area contributed by atoms with Crippen LogP contribution in [-0.2, 0) is 0 Å². The first-order chi connectivity index (χ1) is 4.74. The van der Waals surface area contributed by atoms with E-state index in [2.05, 4.69) is 16.0 Å². The average molecular weight is 164 g/mol. The van der Waals surface area contributed by atoms with Gasteiger partial charge in [0.2, 0.25) is 0 Å². The van der Waals surface area contributed by atoms with Crippen LogP contribution in [0, 0.1) is 0 Å². The molecule has 1 aliphatic heterocycles. The zero-order chi connectivity index (χ0) is 7.56. The first-order valence-electron chi connectivity index (χ1n) is 2.93. The molecule has 0 aromatic rings. The average Bonchev–Trinajstić information content (AvgIpc) is 1.88. The molecule has 0 bridgehead atoms. The first-order valence-corrected chi connectivity index (χ1v) is 3.36. The van der Waals surface area contributed by atoms with Crippen LogP contribution in [0.25, 0.3) is 0 Å². The standard InChI is InChI=1S/C4H10ClN5/c5-3-1-2(6)4(8-7)10-9-3/h2-3,9H,1,6-7H2,(H,8,10). The Morgan fingerprint density at radius 3 is 2.90 bits per heavy atom. The van der Waals surface area contributed by atoms with Crippen LogP contribution in [-0.4, -0.2) is 17.4 Å². The molecule has 0 amide bonds. The van der Waals surface area contributed by atoms with Crippen molar-refractivity contribution in [2.75, 3.05) is 0 Å². The molecular weight excluding hydrogens is 154 g/mol. The number of halogens is 1. The SMILES string of the molecule is NN=C1NNC(Cl)CC1N. The van der Waals surface area contributed by atoms with Crippen LogP contribution in [0.15, 0.2) is 5.10 Å². The molecule has 2 atom stereocenters. The van der Waals surface area contributed by atoms with E-state index in [0.717, 1.165) is 0 Å². The number of nitrogens with one attached hydrogen (secondary N) is 2. The highest BCUT2D eigenvalue weighted by molar-refractivity contribution is 6.20. The number of hydrazine groups is 1. The Labute approximate surface area is 63.7 Å². The number of rotatable bonds is 0. The molecule has 0 aromatic heterocycles. The fourth-order valence-corrected chi connectivity index (χ4v) is 1.01. The number of alkyl halides is 1. The van der Waals surface area contributed by atoms with Crippen molar-refractivity contribution in [2.45, 2.75) is 18.0 Å². The van der Waals surface area contributed by atoms with Crippen molar-refractivity contribution in [3.8, 4) is 0 Å². The molecule has 1 rings (SSSR count). The van der Waals surface area contributed by atoms with Crippen molar-refractivity contribution in [1.29, 1.82) is 0 Å². The predicted molar refractivity (Wildman–Crippen MR) is 40.1 cm³/mol. The maximum atomic E-state index is 5.68. The summed E-state index contributed by atoms with van der Waals surface area (Å²) in [7, 11) is 0. The number of nitrogens with two attached hydrogens (primary N) is 2. The van der Waals surface area contributed by atoms with E-state index in [1.54, 1.807) is 0 Å². The summed E-state index contributed by atoms with van der Waals surface area (Å²) in [5.41, 5.74) is 10.9. The van der Waals surface area contributed by atoms with Gasteiger partial charge in [-0.05, 0) is 0 Å². The second-order valence-corrected chi connectivity index (χ2v) is 2.62. The van der Waals surface area contributed by atoms with Crippen molar-refractivity contribution in [3.63, 3.8) is 0 Å². The summed E-state index contributed by atoms with van der Waals surface area (Å²) in [5, 5.41) is 3.42. The number of hydrazone groups is 1. The fourth-order valence-electron chi connectivity index (χ4n) is 0.766. The normalized spacial score (nSPS) is 37.6. The van der Waals surface area contributed by atoms with Crippen LogP contribution in [0.4, 0.5) is 0 Å². The molecule has 1 saturated heterocycles. The lowest BCUT2D eigenvalue weighted by molar-refractivity contribution is 0.499. The number of amidine groups is 1. The number of nitrogens with zero attached hydrogens (tertiary/aromatic N) is 1. The highest BCUT2D eigenvalue weighted by Crippen LogP contribution is 2.04. The van der Waals surface area contributed by atoms with E-state index in [-0.39, 0.29) is 11.5 Å². The maximum Gasteiger partial charge on any atom is 0.153 e. The molecule has 0 spiro atoms. The van der Waals surface area contributed by atoms with Gasteiger partial charge < -0.3 is 17.0 Å². The zero-order valence-corrected chi connectivity index (χ0v) is 6.10. The Bertz CT molecular complexity index is 147. The van der Waals surface area contributed by atoms with Gasteiger partial charge in [-0.3, -0.25) is 0 Å². The third kappa shape index (κ3) is 1.50. The molecular formula is C4H10ClN5. The molecule has 58 valence electrons. The zero-order valence-electron chi connectivity index (χ0n) is 5.34. The summed E-state index contributed by atoms with van der Waals surface area (Å²) in [6, 6.07) is -0.186. The van der Waals surface area contributed by atoms with Crippen LogP contribution in [0.3, 0.4) is 0 Å². The van der Waals surface area contributed by atoms with Crippen molar-refractivity contribution >= 4 is 17.4 Å². The van der Waals surface area contributed by atoms with Crippen LogP contribution in [0.2, 0.25) is 0 Å². The molecule has 5 nitrogen and oxygen atoms in total. The van der Waals surface area contributed by atoms with Crippen molar-refractivity contribution in [1.82, 2.24) is 10.9 Å². The molecule has 10 heavy (non-hydrogen) atoms. The summed E-state index contributed by atoms with van der Waals surface area (Å²) in [4.78, 5) is 0. The molecule has 0 saturated carbocycles. The Balaban J connectivity index is 2.52. The Kier molecular flexibility index (Phi) is 2.31. The largest absolute Gasteiger partial charge is 0.321 e. The van der Waals surface area contributed by atoms with Crippen molar-refractivity contribution < 1.29 is 0 Å². The first kappa shape index (κ1) is 7.59. The third-order valence-electron chi connectivity index (χ3n) is 1.31. The quantitative estimate of drug-likeness (QED) is 0.154. The summed E-state index contributed by atoms with van der Waals surface area (Å²) in [6.07, 6.45) is 0.630. The summed E-state index contributed by atoms with van der Waals surface area (Å²) < 4.78 is 0. The Hall–Kier alpha value is -0.520. The predicted octanol–water partition coefficient (Wildman–Crippen LogP) is -1.35. The minimum absolute atomic E-state index is 0.152. The lowest BCUT2D eigenvalue weighted by atomic mass is 10.2. The second-order valence-electron chi connectivity index (χ2n) is 2.09. The molecule has 1 fully saturated rings. The van der Waals surface area contributed by atoms with E-state index >= 15 is 0 Å². The van der Waals surface area contributed by atoms with Crippen LogP contribution in [0.1, 0.15) is 6.42 Å².